The maximum absolute atomic E-state index is 6.31. The Kier molecular flexibility index (Phi) is 4.24. The van der Waals surface area contributed by atoms with Crippen LogP contribution in [0.1, 0.15) is 23.0 Å². The van der Waals surface area contributed by atoms with Gasteiger partial charge >= 0.3 is 0 Å². The van der Waals surface area contributed by atoms with Crippen molar-refractivity contribution in [2.45, 2.75) is 18.8 Å². The zero-order valence-electron chi connectivity index (χ0n) is 11.6. The van der Waals surface area contributed by atoms with Crippen molar-refractivity contribution in [1.82, 2.24) is 9.55 Å². The average Bonchev–Trinajstić information content (AvgIpc) is 3.03. The molecule has 6 heteroatoms. The fourth-order valence-electron chi connectivity index (χ4n) is 2.31. The van der Waals surface area contributed by atoms with Crippen LogP contribution in [-0.4, -0.2) is 16.7 Å². The summed E-state index contributed by atoms with van der Waals surface area (Å²) in [6, 6.07) is 7.99. The van der Waals surface area contributed by atoms with Gasteiger partial charge in [0.1, 0.15) is 11.6 Å². The normalized spacial score (nSPS) is 12.8. The highest BCUT2D eigenvalue weighted by molar-refractivity contribution is 9.10. The number of aromatic nitrogens is 2. The summed E-state index contributed by atoms with van der Waals surface area (Å²) < 4.78 is 8.56. The number of rotatable bonds is 4. The van der Waals surface area contributed by atoms with Gasteiger partial charge in [0.05, 0.1) is 30.1 Å². The van der Waals surface area contributed by atoms with Crippen LogP contribution in [0.3, 0.4) is 0 Å². The quantitative estimate of drug-likeness (QED) is 0.576. The lowest BCUT2D eigenvalue weighted by molar-refractivity contribution is 0.415. The topological polar surface area (TPSA) is 27.1 Å². The number of ether oxygens (including phenoxy) is 1. The molecule has 0 aliphatic heterocycles. The Bertz CT molecular complexity index is 781. The fraction of sp³-hybridized carbons (Fsp3) is 0.267. The third-order valence-electron chi connectivity index (χ3n) is 3.33. The van der Waals surface area contributed by atoms with Crippen molar-refractivity contribution < 1.29 is 4.74 Å². The Labute approximate surface area is 140 Å². The number of imidazole rings is 1. The van der Waals surface area contributed by atoms with Gasteiger partial charge in [-0.25, -0.2) is 4.98 Å². The third-order valence-corrected chi connectivity index (χ3v) is 5.44. The van der Waals surface area contributed by atoms with E-state index in [1.165, 1.54) is 4.88 Å². The van der Waals surface area contributed by atoms with Crippen molar-refractivity contribution >= 4 is 49.9 Å². The molecule has 0 aliphatic rings. The molecule has 0 saturated heterocycles. The van der Waals surface area contributed by atoms with Crippen LogP contribution in [0.5, 0.6) is 5.75 Å². The van der Waals surface area contributed by atoms with Gasteiger partial charge in [-0.05, 0) is 46.4 Å². The molecule has 2 heterocycles. The Morgan fingerprint density at radius 1 is 1.43 bits per heavy atom. The van der Waals surface area contributed by atoms with Crippen LogP contribution in [-0.2, 0) is 6.54 Å². The first kappa shape index (κ1) is 14.9. The SMILES string of the molecule is COc1ccc2c(c1)nc(C(C)Cl)n2Cc1sccc1Br. The van der Waals surface area contributed by atoms with Crippen molar-refractivity contribution in [3.05, 3.63) is 44.8 Å². The van der Waals surface area contributed by atoms with Gasteiger partial charge in [0.2, 0.25) is 0 Å². The lowest BCUT2D eigenvalue weighted by Crippen LogP contribution is -2.05. The van der Waals surface area contributed by atoms with E-state index in [2.05, 4.69) is 36.9 Å². The summed E-state index contributed by atoms with van der Waals surface area (Å²) >= 11 is 11.6. The fourth-order valence-corrected chi connectivity index (χ4v) is 3.94. The highest BCUT2D eigenvalue weighted by Gasteiger charge is 2.17. The molecule has 0 saturated carbocycles. The van der Waals surface area contributed by atoms with E-state index in [-0.39, 0.29) is 5.38 Å². The minimum Gasteiger partial charge on any atom is -0.497 e. The van der Waals surface area contributed by atoms with E-state index in [1.54, 1.807) is 18.4 Å². The summed E-state index contributed by atoms with van der Waals surface area (Å²) in [6.45, 7) is 2.70. The maximum atomic E-state index is 6.31. The largest absolute Gasteiger partial charge is 0.497 e. The molecule has 3 aromatic rings. The van der Waals surface area contributed by atoms with E-state index in [1.807, 2.05) is 25.1 Å². The first-order chi connectivity index (χ1) is 10.1. The lowest BCUT2D eigenvalue weighted by atomic mass is 10.3. The number of hydrogen-bond donors (Lipinski definition) is 0. The van der Waals surface area contributed by atoms with E-state index in [4.69, 9.17) is 16.3 Å². The monoisotopic (exact) mass is 384 g/mol. The highest BCUT2D eigenvalue weighted by Crippen LogP contribution is 2.30. The Balaban J connectivity index is 2.14. The maximum Gasteiger partial charge on any atom is 0.128 e. The molecule has 0 spiro atoms. The van der Waals surface area contributed by atoms with Crippen LogP contribution in [0.15, 0.2) is 34.1 Å². The predicted molar refractivity (Wildman–Crippen MR) is 91.7 cm³/mol. The molecule has 110 valence electrons. The number of hydrogen-bond acceptors (Lipinski definition) is 3. The molecule has 0 amide bonds. The zero-order chi connectivity index (χ0) is 15.0. The molecule has 0 N–H and O–H groups in total. The van der Waals surface area contributed by atoms with Crippen LogP contribution in [0.25, 0.3) is 11.0 Å². The second-order valence-electron chi connectivity index (χ2n) is 4.72. The van der Waals surface area contributed by atoms with Gasteiger partial charge in [-0.3, -0.25) is 0 Å². The van der Waals surface area contributed by atoms with Gasteiger partial charge in [0.15, 0.2) is 0 Å². The molecular formula is C15H14BrClN2OS. The number of halogens is 2. The molecule has 0 fully saturated rings. The van der Waals surface area contributed by atoms with Gasteiger partial charge in [0, 0.05) is 15.4 Å². The summed E-state index contributed by atoms with van der Waals surface area (Å²) in [5, 5.41) is 1.92. The number of thiophene rings is 1. The number of benzene rings is 1. The van der Waals surface area contributed by atoms with E-state index < -0.39 is 0 Å². The predicted octanol–water partition coefficient (Wildman–Crippen LogP) is 5.22. The van der Waals surface area contributed by atoms with Crippen LogP contribution in [0.4, 0.5) is 0 Å². The van der Waals surface area contributed by atoms with Crippen molar-refractivity contribution in [2.24, 2.45) is 0 Å². The first-order valence-corrected chi connectivity index (χ1v) is 8.61. The molecule has 0 bridgehead atoms. The van der Waals surface area contributed by atoms with Gasteiger partial charge in [-0.1, -0.05) is 0 Å². The molecule has 2 aromatic heterocycles. The minimum absolute atomic E-state index is 0.151. The van der Waals surface area contributed by atoms with Gasteiger partial charge in [-0.2, -0.15) is 0 Å². The highest BCUT2D eigenvalue weighted by atomic mass is 79.9. The van der Waals surface area contributed by atoms with Gasteiger partial charge < -0.3 is 9.30 Å². The molecule has 3 nitrogen and oxygen atoms in total. The van der Waals surface area contributed by atoms with Crippen molar-refractivity contribution in [3.8, 4) is 5.75 Å². The van der Waals surface area contributed by atoms with E-state index in [9.17, 15) is 0 Å². The lowest BCUT2D eigenvalue weighted by Gasteiger charge is -2.10. The first-order valence-electron chi connectivity index (χ1n) is 6.50. The summed E-state index contributed by atoms with van der Waals surface area (Å²) in [5.41, 5.74) is 1.98. The van der Waals surface area contributed by atoms with Crippen LogP contribution < -0.4 is 4.74 Å². The van der Waals surface area contributed by atoms with E-state index in [0.717, 1.165) is 33.6 Å². The van der Waals surface area contributed by atoms with E-state index in [0.29, 0.717) is 0 Å². The number of nitrogens with zero attached hydrogens (tertiary/aromatic N) is 2. The van der Waals surface area contributed by atoms with Crippen LogP contribution in [0, 0.1) is 0 Å². The summed E-state index contributed by atoms with van der Waals surface area (Å²) in [5.74, 6) is 1.68. The Morgan fingerprint density at radius 2 is 2.24 bits per heavy atom. The van der Waals surface area contributed by atoms with Crippen molar-refractivity contribution in [3.63, 3.8) is 0 Å². The summed E-state index contributed by atoms with van der Waals surface area (Å²) in [6.07, 6.45) is 0. The molecule has 3 rings (SSSR count). The number of methoxy groups -OCH3 is 1. The Hall–Kier alpha value is -1.04. The second kappa shape index (κ2) is 5.99. The third kappa shape index (κ3) is 2.82. The second-order valence-corrected chi connectivity index (χ2v) is 7.23. The molecule has 1 aromatic carbocycles. The average molecular weight is 386 g/mol. The molecule has 0 aliphatic carbocycles. The zero-order valence-corrected chi connectivity index (χ0v) is 14.8. The number of fused-ring (bicyclic) bond motifs is 1. The summed E-state index contributed by atoms with van der Waals surface area (Å²) in [4.78, 5) is 5.92. The molecule has 1 unspecified atom stereocenters. The summed E-state index contributed by atoms with van der Waals surface area (Å²) in [7, 11) is 1.66. The smallest absolute Gasteiger partial charge is 0.128 e. The molecular weight excluding hydrogens is 372 g/mol. The van der Waals surface area contributed by atoms with Crippen molar-refractivity contribution in [2.75, 3.05) is 7.11 Å². The van der Waals surface area contributed by atoms with Crippen molar-refractivity contribution in [1.29, 1.82) is 0 Å². The minimum atomic E-state index is -0.151. The standard InChI is InChI=1S/C15H14BrClN2OS/c1-9(17)15-18-12-7-10(20-2)3-4-13(12)19(15)8-14-11(16)5-6-21-14/h3-7,9H,8H2,1-2H3. The van der Waals surface area contributed by atoms with E-state index >= 15 is 0 Å². The van der Waals surface area contributed by atoms with Crippen LogP contribution >= 0.6 is 38.9 Å². The molecule has 1 atom stereocenters. The molecule has 0 radical (unpaired) electrons. The molecule has 21 heavy (non-hydrogen) atoms. The van der Waals surface area contributed by atoms with Gasteiger partial charge in [-0.15, -0.1) is 22.9 Å². The van der Waals surface area contributed by atoms with Crippen LogP contribution in [0.2, 0.25) is 0 Å². The Morgan fingerprint density at radius 3 is 2.86 bits per heavy atom. The van der Waals surface area contributed by atoms with Gasteiger partial charge in [0.25, 0.3) is 0 Å². The number of alkyl halides is 1.